The average Bonchev–Trinajstić information content (AvgIpc) is 2.82. The molecule has 0 bridgehead atoms. The maximum atomic E-state index is 11.3. The molecule has 1 amide bonds. The van der Waals surface area contributed by atoms with Gasteiger partial charge in [-0.1, -0.05) is 0 Å². The van der Waals surface area contributed by atoms with Gasteiger partial charge >= 0.3 is 0 Å². The Bertz CT molecular complexity index is 622. The third-order valence-corrected chi connectivity index (χ3v) is 3.52. The molecule has 1 aliphatic rings. The first kappa shape index (κ1) is 12.3. The maximum Gasteiger partial charge on any atom is 0.224 e. The number of aryl methyl sites for hydroxylation is 1. The first-order chi connectivity index (χ1) is 9.20. The third kappa shape index (κ3) is 2.81. The predicted molar refractivity (Wildman–Crippen MR) is 77.1 cm³/mol. The lowest BCUT2D eigenvalue weighted by molar-refractivity contribution is -0.116. The minimum atomic E-state index is 0.0913. The molecule has 3 rings (SSSR count). The van der Waals surface area contributed by atoms with Gasteiger partial charge in [-0.05, 0) is 58.2 Å². The van der Waals surface area contributed by atoms with Crippen LogP contribution in [0.3, 0.4) is 0 Å². The van der Waals surface area contributed by atoms with Crippen LogP contribution in [0.5, 0.6) is 0 Å². The number of nitrogens with one attached hydrogen (secondary N) is 2. The zero-order valence-corrected chi connectivity index (χ0v) is 11.8. The highest BCUT2D eigenvalue weighted by molar-refractivity contribution is 9.10. The second kappa shape index (κ2) is 5.09. The molecule has 2 aromatic rings. The van der Waals surface area contributed by atoms with Crippen molar-refractivity contribution >= 4 is 33.2 Å². The van der Waals surface area contributed by atoms with Gasteiger partial charge < -0.3 is 15.1 Å². The number of halogens is 1. The maximum absolute atomic E-state index is 11.3. The molecule has 2 N–H and O–H groups in total. The minimum absolute atomic E-state index is 0.0913. The van der Waals surface area contributed by atoms with E-state index in [1.165, 1.54) is 5.56 Å². The molecule has 5 heteroatoms. The summed E-state index contributed by atoms with van der Waals surface area (Å²) in [5, 5.41) is 6.18. The lowest BCUT2D eigenvalue weighted by Gasteiger charge is -2.17. The van der Waals surface area contributed by atoms with Gasteiger partial charge in [-0.15, -0.1) is 0 Å². The number of amides is 1. The Labute approximate surface area is 119 Å². The van der Waals surface area contributed by atoms with Crippen molar-refractivity contribution in [2.45, 2.75) is 19.4 Å². The van der Waals surface area contributed by atoms with Crippen molar-refractivity contribution in [3.8, 4) is 0 Å². The average molecular weight is 321 g/mol. The second-order valence-electron chi connectivity index (χ2n) is 4.48. The molecular formula is C14H13BrN2O2. The fourth-order valence-electron chi connectivity index (χ4n) is 2.13. The zero-order valence-electron chi connectivity index (χ0n) is 10.2. The van der Waals surface area contributed by atoms with E-state index in [1.54, 1.807) is 0 Å². The fraction of sp³-hybridized carbons (Fsp3) is 0.214. The Morgan fingerprint density at radius 2 is 2.16 bits per heavy atom. The molecule has 0 fully saturated rings. The molecule has 98 valence electrons. The summed E-state index contributed by atoms with van der Waals surface area (Å²) in [5.74, 6) is 0.964. The Kier molecular flexibility index (Phi) is 3.29. The number of carbonyl (C=O) groups is 1. The summed E-state index contributed by atoms with van der Waals surface area (Å²) >= 11 is 3.28. The molecular weight excluding hydrogens is 308 g/mol. The molecule has 0 spiro atoms. The first-order valence-electron chi connectivity index (χ1n) is 6.11. The van der Waals surface area contributed by atoms with Crippen LogP contribution in [-0.2, 0) is 17.8 Å². The lowest BCUT2D eigenvalue weighted by atomic mass is 10.0. The van der Waals surface area contributed by atoms with Crippen molar-refractivity contribution in [1.82, 2.24) is 0 Å². The minimum Gasteiger partial charge on any atom is -0.452 e. The Hall–Kier alpha value is -1.75. The smallest absolute Gasteiger partial charge is 0.224 e. The van der Waals surface area contributed by atoms with E-state index in [-0.39, 0.29) is 5.91 Å². The third-order valence-electron chi connectivity index (χ3n) is 3.10. The van der Waals surface area contributed by atoms with Crippen molar-refractivity contribution in [3.05, 3.63) is 46.3 Å². The standard InChI is InChI=1S/C14H13BrN2O2/c15-13-5-3-11(19-13)8-16-10-2-4-12-9(7-10)1-6-14(18)17-12/h2-5,7,16H,1,6,8H2,(H,17,18). The van der Waals surface area contributed by atoms with E-state index < -0.39 is 0 Å². The first-order valence-corrected chi connectivity index (χ1v) is 6.91. The van der Waals surface area contributed by atoms with Crippen LogP contribution in [0.15, 0.2) is 39.4 Å². The van der Waals surface area contributed by atoms with Crippen LogP contribution in [-0.4, -0.2) is 5.91 Å². The molecule has 1 aromatic carbocycles. The van der Waals surface area contributed by atoms with Crippen molar-refractivity contribution < 1.29 is 9.21 Å². The number of anilines is 2. The van der Waals surface area contributed by atoms with Crippen LogP contribution in [0.4, 0.5) is 11.4 Å². The SMILES string of the molecule is O=C1CCc2cc(NCc3ccc(Br)o3)ccc2N1. The van der Waals surface area contributed by atoms with Crippen molar-refractivity contribution in [2.75, 3.05) is 10.6 Å². The van der Waals surface area contributed by atoms with Crippen LogP contribution >= 0.6 is 15.9 Å². The number of hydrogen-bond donors (Lipinski definition) is 2. The Morgan fingerprint density at radius 3 is 2.95 bits per heavy atom. The predicted octanol–water partition coefficient (Wildman–Crippen LogP) is 3.54. The van der Waals surface area contributed by atoms with E-state index in [0.29, 0.717) is 13.0 Å². The normalized spacial score (nSPS) is 13.8. The van der Waals surface area contributed by atoms with Gasteiger partial charge in [0.15, 0.2) is 4.67 Å². The summed E-state index contributed by atoms with van der Waals surface area (Å²) in [6, 6.07) is 9.77. The molecule has 1 aliphatic heterocycles. The fourth-order valence-corrected chi connectivity index (χ4v) is 2.47. The zero-order chi connectivity index (χ0) is 13.2. The van der Waals surface area contributed by atoms with Crippen LogP contribution < -0.4 is 10.6 Å². The molecule has 19 heavy (non-hydrogen) atoms. The van der Waals surface area contributed by atoms with Crippen molar-refractivity contribution in [1.29, 1.82) is 0 Å². The number of furan rings is 1. The summed E-state index contributed by atoms with van der Waals surface area (Å²) in [6.45, 7) is 0.636. The van der Waals surface area contributed by atoms with Crippen LogP contribution in [0.25, 0.3) is 0 Å². The highest BCUT2D eigenvalue weighted by Gasteiger charge is 2.14. The lowest BCUT2D eigenvalue weighted by Crippen LogP contribution is -2.18. The monoisotopic (exact) mass is 320 g/mol. The molecule has 0 saturated carbocycles. The summed E-state index contributed by atoms with van der Waals surface area (Å²) < 4.78 is 6.16. The topological polar surface area (TPSA) is 54.3 Å². The summed E-state index contributed by atoms with van der Waals surface area (Å²) in [7, 11) is 0. The van der Waals surface area contributed by atoms with E-state index in [4.69, 9.17) is 4.42 Å². The molecule has 0 saturated heterocycles. The summed E-state index contributed by atoms with van der Waals surface area (Å²) in [4.78, 5) is 11.3. The van der Waals surface area contributed by atoms with Gasteiger partial charge in [0.1, 0.15) is 5.76 Å². The number of benzene rings is 1. The summed E-state index contributed by atoms with van der Waals surface area (Å²) in [6.07, 6.45) is 1.35. The van der Waals surface area contributed by atoms with Gasteiger partial charge in [0.25, 0.3) is 0 Å². The van der Waals surface area contributed by atoms with Gasteiger partial charge in [0, 0.05) is 17.8 Å². The number of carbonyl (C=O) groups excluding carboxylic acids is 1. The number of hydrogen-bond acceptors (Lipinski definition) is 3. The molecule has 0 unspecified atom stereocenters. The van der Waals surface area contributed by atoms with Gasteiger partial charge in [0.2, 0.25) is 5.91 Å². The van der Waals surface area contributed by atoms with E-state index in [1.807, 2.05) is 24.3 Å². The van der Waals surface area contributed by atoms with Crippen LogP contribution in [0, 0.1) is 0 Å². The number of rotatable bonds is 3. The molecule has 1 aromatic heterocycles. The Balaban J connectivity index is 1.70. The van der Waals surface area contributed by atoms with Gasteiger partial charge in [0.05, 0.1) is 6.54 Å². The summed E-state index contributed by atoms with van der Waals surface area (Å²) in [5.41, 5.74) is 3.12. The van der Waals surface area contributed by atoms with Crippen LogP contribution in [0.1, 0.15) is 17.7 Å². The molecule has 0 atom stereocenters. The second-order valence-corrected chi connectivity index (χ2v) is 5.26. The van der Waals surface area contributed by atoms with E-state index >= 15 is 0 Å². The molecule has 0 aliphatic carbocycles. The van der Waals surface area contributed by atoms with Crippen LogP contribution in [0.2, 0.25) is 0 Å². The van der Waals surface area contributed by atoms with Crippen molar-refractivity contribution in [3.63, 3.8) is 0 Å². The van der Waals surface area contributed by atoms with Gasteiger partial charge in [-0.2, -0.15) is 0 Å². The van der Waals surface area contributed by atoms with E-state index in [9.17, 15) is 4.79 Å². The number of fused-ring (bicyclic) bond motifs is 1. The van der Waals surface area contributed by atoms with Gasteiger partial charge in [-0.25, -0.2) is 0 Å². The largest absolute Gasteiger partial charge is 0.452 e. The van der Waals surface area contributed by atoms with E-state index in [0.717, 1.165) is 28.2 Å². The van der Waals surface area contributed by atoms with Gasteiger partial charge in [-0.3, -0.25) is 4.79 Å². The molecule has 2 heterocycles. The van der Waals surface area contributed by atoms with Crippen molar-refractivity contribution in [2.24, 2.45) is 0 Å². The Morgan fingerprint density at radius 1 is 1.26 bits per heavy atom. The quantitative estimate of drug-likeness (QED) is 0.909. The highest BCUT2D eigenvalue weighted by Crippen LogP contribution is 2.26. The molecule has 4 nitrogen and oxygen atoms in total. The van der Waals surface area contributed by atoms with E-state index in [2.05, 4.69) is 32.6 Å². The highest BCUT2D eigenvalue weighted by atomic mass is 79.9. The molecule has 0 radical (unpaired) electrons.